The van der Waals surface area contributed by atoms with Crippen molar-refractivity contribution in [2.45, 2.75) is 0 Å². The highest BCUT2D eigenvalue weighted by Gasteiger charge is 2.02. The number of ether oxygens (including phenoxy) is 1. The van der Waals surface area contributed by atoms with Crippen LogP contribution in [0.3, 0.4) is 0 Å². The first-order valence-electron chi connectivity index (χ1n) is 2.53. The molecule has 1 aromatic heterocycles. The van der Waals surface area contributed by atoms with Crippen molar-refractivity contribution in [3.05, 3.63) is 11.1 Å². The zero-order valence-electron chi connectivity index (χ0n) is 5.33. The van der Waals surface area contributed by atoms with Gasteiger partial charge in [0.25, 0.3) is 5.19 Å². The van der Waals surface area contributed by atoms with Gasteiger partial charge >= 0.3 is 0 Å². The van der Waals surface area contributed by atoms with Crippen molar-refractivity contribution in [2.24, 2.45) is 5.73 Å². The molecule has 0 amide bonds. The van der Waals surface area contributed by atoms with E-state index in [2.05, 4.69) is 4.98 Å². The summed E-state index contributed by atoms with van der Waals surface area (Å²) in [4.78, 5) is 5.03. The molecule has 0 atom stereocenters. The Labute approximate surface area is 67.8 Å². The fourth-order valence-electron chi connectivity index (χ4n) is 0.466. The highest BCUT2D eigenvalue weighted by Crippen LogP contribution is 2.18. The van der Waals surface area contributed by atoms with Gasteiger partial charge in [-0.05, 0) is 0 Å². The number of hydrogen-bond acceptors (Lipinski definition) is 4. The average Bonchev–Trinajstić information content (AvgIpc) is 2.34. The Morgan fingerprint density at radius 2 is 2.60 bits per heavy atom. The third-order valence-electron chi connectivity index (χ3n) is 0.902. The molecule has 0 saturated carbocycles. The molecule has 1 heterocycles. The van der Waals surface area contributed by atoms with Gasteiger partial charge in [0.05, 0.1) is 18.2 Å². The minimum Gasteiger partial charge on any atom is -0.473 e. The smallest absolute Gasteiger partial charge is 0.273 e. The van der Waals surface area contributed by atoms with Crippen molar-refractivity contribution < 1.29 is 4.74 Å². The van der Waals surface area contributed by atoms with E-state index in [0.717, 1.165) is 4.88 Å². The summed E-state index contributed by atoms with van der Waals surface area (Å²) >= 11 is 6.06. The van der Waals surface area contributed by atoms with Gasteiger partial charge in [-0.15, -0.1) is 0 Å². The van der Waals surface area contributed by atoms with Crippen LogP contribution in [0.15, 0.2) is 6.20 Å². The zero-order valence-corrected chi connectivity index (χ0v) is 6.96. The van der Waals surface area contributed by atoms with Crippen LogP contribution in [-0.2, 0) is 0 Å². The molecule has 54 valence electrons. The van der Waals surface area contributed by atoms with Crippen LogP contribution in [0, 0.1) is 0 Å². The van der Waals surface area contributed by atoms with Crippen LogP contribution in [-0.4, -0.2) is 17.1 Å². The molecule has 10 heavy (non-hydrogen) atoms. The van der Waals surface area contributed by atoms with Crippen molar-refractivity contribution in [1.82, 2.24) is 4.98 Å². The monoisotopic (exact) mass is 174 g/mol. The Bertz CT molecular complexity index is 246. The van der Waals surface area contributed by atoms with Crippen molar-refractivity contribution in [3.8, 4) is 5.19 Å². The molecule has 0 saturated heterocycles. The van der Waals surface area contributed by atoms with Crippen molar-refractivity contribution in [2.75, 3.05) is 7.11 Å². The fourth-order valence-corrected chi connectivity index (χ4v) is 1.23. The molecule has 0 bridgehead atoms. The summed E-state index contributed by atoms with van der Waals surface area (Å²) in [6, 6.07) is 0. The third kappa shape index (κ3) is 1.43. The summed E-state index contributed by atoms with van der Waals surface area (Å²) in [7, 11) is 1.56. The quantitative estimate of drug-likeness (QED) is 0.673. The molecule has 0 aliphatic rings. The largest absolute Gasteiger partial charge is 0.473 e. The normalized spacial score (nSPS) is 9.30. The molecule has 5 heteroatoms. The van der Waals surface area contributed by atoms with Gasteiger partial charge in [-0.25, -0.2) is 4.98 Å². The molecule has 3 nitrogen and oxygen atoms in total. The molecule has 0 unspecified atom stereocenters. The Hall–Kier alpha value is -0.680. The maximum absolute atomic E-state index is 5.33. The zero-order chi connectivity index (χ0) is 7.56. The lowest BCUT2D eigenvalue weighted by Gasteiger charge is -1.87. The van der Waals surface area contributed by atoms with Crippen LogP contribution in [0.25, 0.3) is 0 Å². The van der Waals surface area contributed by atoms with Crippen LogP contribution in [0.1, 0.15) is 4.88 Å². The SMILES string of the molecule is COc1ncc(C(N)=S)s1. The number of aromatic nitrogens is 1. The third-order valence-corrected chi connectivity index (χ3v) is 2.24. The first-order chi connectivity index (χ1) is 4.74. The number of hydrogen-bond donors (Lipinski definition) is 1. The Kier molecular flexibility index (Phi) is 2.18. The molecule has 0 fully saturated rings. The highest BCUT2D eigenvalue weighted by molar-refractivity contribution is 7.81. The summed E-state index contributed by atoms with van der Waals surface area (Å²) in [6.07, 6.45) is 1.60. The molecule has 1 aromatic rings. The van der Waals surface area contributed by atoms with Gasteiger partial charge < -0.3 is 10.5 Å². The van der Waals surface area contributed by atoms with E-state index in [9.17, 15) is 0 Å². The van der Waals surface area contributed by atoms with Crippen molar-refractivity contribution in [1.29, 1.82) is 0 Å². The Morgan fingerprint density at radius 3 is 2.90 bits per heavy atom. The number of methoxy groups -OCH3 is 1. The average molecular weight is 174 g/mol. The molecule has 0 spiro atoms. The summed E-state index contributed by atoms with van der Waals surface area (Å²) in [6.45, 7) is 0. The number of rotatable bonds is 2. The van der Waals surface area contributed by atoms with E-state index in [1.54, 1.807) is 13.3 Å². The van der Waals surface area contributed by atoms with Crippen LogP contribution in [0.2, 0.25) is 0 Å². The van der Waals surface area contributed by atoms with Gasteiger partial charge in [-0.1, -0.05) is 23.6 Å². The molecule has 2 N–H and O–H groups in total. The van der Waals surface area contributed by atoms with Crippen LogP contribution in [0.5, 0.6) is 5.19 Å². The molecule has 0 aromatic carbocycles. The fraction of sp³-hybridized carbons (Fsp3) is 0.200. The lowest BCUT2D eigenvalue weighted by Crippen LogP contribution is -2.06. The lowest BCUT2D eigenvalue weighted by molar-refractivity contribution is 0.412. The molecule has 0 aliphatic carbocycles. The summed E-state index contributed by atoms with van der Waals surface area (Å²) in [5.74, 6) is 0. The lowest BCUT2D eigenvalue weighted by atomic mass is 10.6. The molecule has 0 radical (unpaired) electrons. The second kappa shape index (κ2) is 2.94. The Morgan fingerprint density at radius 1 is 1.90 bits per heavy atom. The maximum atomic E-state index is 5.33. The summed E-state index contributed by atoms with van der Waals surface area (Å²) in [5.41, 5.74) is 5.33. The number of nitrogens with two attached hydrogens (primary N) is 1. The summed E-state index contributed by atoms with van der Waals surface area (Å²) < 4.78 is 4.84. The van der Waals surface area contributed by atoms with Crippen molar-refractivity contribution in [3.63, 3.8) is 0 Å². The van der Waals surface area contributed by atoms with Crippen LogP contribution >= 0.6 is 23.6 Å². The minimum atomic E-state index is 0.362. The van der Waals surface area contributed by atoms with Gasteiger partial charge in [0.2, 0.25) is 0 Å². The van der Waals surface area contributed by atoms with E-state index in [1.165, 1.54) is 11.3 Å². The van der Waals surface area contributed by atoms with Gasteiger partial charge in [0, 0.05) is 0 Å². The predicted octanol–water partition coefficient (Wildman–Crippen LogP) is 0.786. The number of thiazole rings is 1. The second-order valence-corrected chi connectivity index (χ2v) is 2.99. The van der Waals surface area contributed by atoms with E-state index in [-0.39, 0.29) is 0 Å². The molecule has 0 aliphatic heterocycles. The number of nitrogens with zero attached hydrogens (tertiary/aromatic N) is 1. The van der Waals surface area contributed by atoms with Gasteiger partial charge in [0.1, 0.15) is 4.99 Å². The topological polar surface area (TPSA) is 48.1 Å². The van der Waals surface area contributed by atoms with Crippen molar-refractivity contribution >= 4 is 28.5 Å². The van der Waals surface area contributed by atoms with Crippen LogP contribution < -0.4 is 10.5 Å². The van der Waals surface area contributed by atoms with Gasteiger partial charge in [-0.2, -0.15) is 0 Å². The molecular formula is C5H6N2OS2. The van der Waals surface area contributed by atoms with E-state index in [1.807, 2.05) is 0 Å². The molecule has 1 rings (SSSR count). The minimum absolute atomic E-state index is 0.362. The highest BCUT2D eigenvalue weighted by atomic mass is 32.1. The standard InChI is InChI=1S/C5H6N2OS2/c1-8-5-7-2-3(10-5)4(6)9/h2H,1H3,(H2,6,9). The van der Waals surface area contributed by atoms with E-state index in [4.69, 9.17) is 22.7 Å². The first-order valence-corrected chi connectivity index (χ1v) is 3.76. The Balaban J connectivity index is 2.88. The van der Waals surface area contributed by atoms with Crippen LogP contribution in [0.4, 0.5) is 0 Å². The number of thiocarbonyl (C=S) groups is 1. The van der Waals surface area contributed by atoms with Gasteiger partial charge in [0.15, 0.2) is 0 Å². The second-order valence-electron chi connectivity index (χ2n) is 1.56. The molecular weight excluding hydrogens is 168 g/mol. The van der Waals surface area contributed by atoms with E-state index in [0.29, 0.717) is 10.2 Å². The predicted molar refractivity (Wildman–Crippen MR) is 44.6 cm³/mol. The maximum Gasteiger partial charge on any atom is 0.273 e. The summed E-state index contributed by atoms with van der Waals surface area (Å²) in [5, 5.41) is 0.586. The van der Waals surface area contributed by atoms with E-state index >= 15 is 0 Å². The first kappa shape index (κ1) is 7.43. The van der Waals surface area contributed by atoms with E-state index < -0.39 is 0 Å². The van der Waals surface area contributed by atoms with Gasteiger partial charge in [-0.3, -0.25) is 0 Å².